The van der Waals surface area contributed by atoms with Gasteiger partial charge in [-0.05, 0) is 12.8 Å². The van der Waals surface area contributed by atoms with Crippen LogP contribution in [0.4, 0.5) is 0 Å². The molecule has 1 aromatic heterocycles. The van der Waals surface area contributed by atoms with Crippen molar-refractivity contribution in [3.63, 3.8) is 0 Å². The van der Waals surface area contributed by atoms with Gasteiger partial charge >= 0.3 is 0 Å². The lowest BCUT2D eigenvalue weighted by molar-refractivity contribution is -0.112. The van der Waals surface area contributed by atoms with Crippen molar-refractivity contribution < 1.29 is 13.2 Å². The minimum absolute atomic E-state index is 0.117. The van der Waals surface area contributed by atoms with E-state index in [1.165, 1.54) is 10.5 Å². The van der Waals surface area contributed by atoms with Crippen LogP contribution in [0.5, 0.6) is 0 Å². The summed E-state index contributed by atoms with van der Waals surface area (Å²) in [5, 5.41) is 0.117. The zero-order chi connectivity index (χ0) is 13.2. The molecule has 7 heteroatoms. The van der Waals surface area contributed by atoms with Crippen LogP contribution in [0.15, 0.2) is 11.2 Å². The SMILES string of the molecule is CCc1ncc(S(=O)(=O)N2CCCC(C=O)C2)[nH]1. The van der Waals surface area contributed by atoms with E-state index in [4.69, 9.17) is 0 Å². The highest BCUT2D eigenvalue weighted by Gasteiger charge is 2.31. The summed E-state index contributed by atoms with van der Waals surface area (Å²) in [6, 6.07) is 0. The Bertz CT molecular complexity index is 523. The highest BCUT2D eigenvalue weighted by atomic mass is 32.2. The Kier molecular flexibility index (Phi) is 3.82. The lowest BCUT2D eigenvalue weighted by atomic mass is 10.0. The van der Waals surface area contributed by atoms with Crippen LogP contribution in [-0.4, -0.2) is 42.1 Å². The molecule has 1 saturated heterocycles. The molecule has 1 aliphatic rings. The van der Waals surface area contributed by atoms with E-state index in [0.29, 0.717) is 18.8 Å². The topological polar surface area (TPSA) is 83.1 Å². The number of carbonyl (C=O) groups excluding carboxylic acids is 1. The number of hydrogen-bond donors (Lipinski definition) is 1. The van der Waals surface area contributed by atoms with Crippen molar-refractivity contribution in [3.8, 4) is 0 Å². The number of nitrogens with zero attached hydrogens (tertiary/aromatic N) is 2. The lowest BCUT2D eigenvalue weighted by Crippen LogP contribution is -2.40. The first-order valence-electron chi connectivity index (χ1n) is 6.07. The smallest absolute Gasteiger partial charge is 0.260 e. The summed E-state index contributed by atoms with van der Waals surface area (Å²) >= 11 is 0. The van der Waals surface area contributed by atoms with Crippen LogP contribution in [0.3, 0.4) is 0 Å². The van der Waals surface area contributed by atoms with Crippen molar-refractivity contribution in [2.45, 2.75) is 31.2 Å². The molecular weight excluding hydrogens is 254 g/mol. The van der Waals surface area contributed by atoms with Gasteiger partial charge in [0.1, 0.15) is 12.1 Å². The van der Waals surface area contributed by atoms with E-state index in [1.807, 2.05) is 6.92 Å². The van der Waals surface area contributed by atoms with Crippen LogP contribution in [-0.2, 0) is 21.2 Å². The number of nitrogens with one attached hydrogen (secondary N) is 1. The quantitative estimate of drug-likeness (QED) is 0.812. The van der Waals surface area contributed by atoms with Gasteiger partial charge in [-0.2, -0.15) is 4.31 Å². The highest BCUT2D eigenvalue weighted by molar-refractivity contribution is 7.89. The molecule has 0 radical (unpaired) electrons. The molecule has 0 aliphatic carbocycles. The minimum atomic E-state index is -3.54. The second-order valence-electron chi connectivity index (χ2n) is 4.45. The number of carbonyl (C=O) groups is 1. The zero-order valence-electron chi connectivity index (χ0n) is 10.3. The monoisotopic (exact) mass is 271 g/mol. The van der Waals surface area contributed by atoms with Crippen LogP contribution in [0.25, 0.3) is 0 Å². The Morgan fingerprint density at radius 2 is 2.39 bits per heavy atom. The molecule has 1 aromatic rings. The van der Waals surface area contributed by atoms with Crippen molar-refractivity contribution in [2.24, 2.45) is 5.92 Å². The summed E-state index contributed by atoms with van der Waals surface area (Å²) in [5.41, 5.74) is 0. The predicted octanol–water partition coefficient (Wildman–Crippen LogP) is 0.572. The molecule has 1 N–H and O–H groups in total. The fourth-order valence-electron chi connectivity index (χ4n) is 2.10. The molecule has 1 atom stereocenters. The van der Waals surface area contributed by atoms with Crippen molar-refractivity contribution in [2.75, 3.05) is 13.1 Å². The maximum absolute atomic E-state index is 12.3. The van der Waals surface area contributed by atoms with Gasteiger partial charge in [0.15, 0.2) is 5.03 Å². The van der Waals surface area contributed by atoms with Gasteiger partial charge in [0.25, 0.3) is 10.0 Å². The molecule has 6 nitrogen and oxygen atoms in total. The molecule has 100 valence electrons. The molecule has 0 bridgehead atoms. The molecular formula is C11H17N3O3S. The van der Waals surface area contributed by atoms with E-state index in [0.717, 1.165) is 19.1 Å². The third-order valence-corrected chi connectivity index (χ3v) is 4.95. The number of rotatable bonds is 4. The summed E-state index contributed by atoms with van der Waals surface area (Å²) in [5.74, 6) is 0.458. The van der Waals surface area contributed by atoms with Crippen LogP contribution < -0.4 is 0 Å². The van der Waals surface area contributed by atoms with E-state index in [-0.39, 0.29) is 17.5 Å². The van der Waals surface area contributed by atoms with Gasteiger partial charge in [0.2, 0.25) is 0 Å². The van der Waals surface area contributed by atoms with Crippen molar-refractivity contribution in [1.82, 2.24) is 14.3 Å². The largest absolute Gasteiger partial charge is 0.332 e. The molecule has 1 unspecified atom stereocenters. The second-order valence-corrected chi connectivity index (χ2v) is 6.36. The highest BCUT2D eigenvalue weighted by Crippen LogP contribution is 2.21. The Hall–Kier alpha value is -1.21. The molecule has 2 heterocycles. The number of imidazole rings is 1. The zero-order valence-corrected chi connectivity index (χ0v) is 11.1. The van der Waals surface area contributed by atoms with Gasteiger partial charge in [-0.25, -0.2) is 13.4 Å². The Balaban J connectivity index is 2.22. The first-order chi connectivity index (χ1) is 8.57. The number of piperidine rings is 1. The molecule has 0 aromatic carbocycles. The maximum atomic E-state index is 12.3. The average Bonchev–Trinajstić information content (AvgIpc) is 2.88. The number of aldehydes is 1. The average molecular weight is 271 g/mol. The number of H-pyrrole nitrogens is 1. The third kappa shape index (κ3) is 2.46. The fraction of sp³-hybridized carbons (Fsp3) is 0.636. The minimum Gasteiger partial charge on any atom is -0.332 e. The van der Waals surface area contributed by atoms with Crippen LogP contribution in [0.1, 0.15) is 25.6 Å². The number of aromatic nitrogens is 2. The summed E-state index contributed by atoms with van der Waals surface area (Å²) in [4.78, 5) is 17.6. The molecule has 0 amide bonds. The van der Waals surface area contributed by atoms with Gasteiger partial charge in [0, 0.05) is 25.4 Å². The molecule has 18 heavy (non-hydrogen) atoms. The van der Waals surface area contributed by atoms with E-state index in [2.05, 4.69) is 9.97 Å². The van der Waals surface area contributed by atoms with Crippen molar-refractivity contribution in [3.05, 3.63) is 12.0 Å². The van der Waals surface area contributed by atoms with Gasteiger partial charge in [0.05, 0.1) is 6.20 Å². The van der Waals surface area contributed by atoms with Gasteiger partial charge in [-0.3, -0.25) is 0 Å². The number of aryl methyl sites for hydroxylation is 1. The summed E-state index contributed by atoms with van der Waals surface area (Å²) in [6.07, 6.45) is 4.33. The fourth-order valence-corrected chi connectivity index (χ4v) is 3.56. The van der Waals surface area contributed by atoms with E-state index in [1.54, 1.807) is 0 Å². The first kappa shape index (κ1) is 13.2. The van der Waals surface area contributed by atoms with Gasteiger partial charge in [-0.15, -0.1) is 0 Å². The Morgan fingerprint density at radius 1 is 1.61 bits per heavy atom. The van der Waals surface area contributed by atoms with E-state index in [9.17, 15) is 13.2 Å². The molecule has 0 spiro atoms. The van der Waals surface area contributed by atoms with Crippen LogP contribution >= 0.6 is 0 Å². The number of sulfonamides is 1. The van der Waals surface area contributed by atoms with Crippen molar-refractivity contribution in [1.29, 1.82) is 0 Å². The first-order valence-corrected chi connectivity index (χ1v) is 7.51. The third-order valence-electron chi connectivity index (χ3n) is 3.17. The Morgan fingerprint density at radius 3 is 3.00 bits per heavy atom. The molecule has 1 fully saturated rings. The standard InChI is InChI=1S/C11H17N3O3S/c1-2-10-12-6-11(13-10)18(16,17)14-5-3-4-9(7-14)8-15/h6,8-9H,2-5,7H2,1H3,(H,12,13). The number of hydrogen-bond acceptors (Lipinski definition) is 4. The normalized spacial score (nSPS) is 21.9. The van der Waals surface area contributed by atoms with Crippen LogP contribution in [0.2, 0.25) is 0 Å². The van der Waals surface area contributed by atoms with E-state index < -0.39 is 10.0 Å². The number of aromatic amines is 1. The van der Waals surface area contributed by atoms with E-state index >= 15 is 0 Å². The molecule has 0 saturated carbocycles. The van der Waals surface area contributed by atoms with Gasteiger partial charge < -0.3 is 9.78 Å². The summed E-state index contributed by atoms with van der Waals surface area (Å²) < 4.78 is 26.0. The molecule has 2 rings (SSSR count). The summed E-state index contributed by atoms with van der Waals surface area (Å²) in [7, 11) is -3.54. The predicted molar refractivity (Wildman–Crippen MR) is 65.5 cm³/mol. The summed E-state index contributed by atoms with van der Waals surface area (Å²) in [6.45, 7) is 2.64. The Labute approximate surface area is 106 Å². The van der Waals surface area contributed by atoms with Crippen molar-refractivity contribution >= 4 is 16.3 Å². The van der Waals surface area contributed by atoms with Gasteiger partial charge in [-0.1, -0.05) is 6.92 Å². The molecule has 1 aliphatic heterocycles. The second kappa shape index (κ2) is 5.19. The maximum Gasteiger partial charge on any atom is 0.260 e. The lowest BCUT2D eigenvalue weighted by Gasteiger charge is -2.28. The van der Waals surface area contributed by atoms with Crippen LogP contribution in [0, 0.1) is 5.92 Å².